The summed E-state index contributed by atoms with van der Waals surface area (Å²) in [5.74, 6) is -1.24. The zero-order valence-electron chi connectivity index (χ0n) is 18.2. The molecule has 3 rings (SSSR count). The number of unbranched alkanes of at least 4 members (excludes halogenated alkanes) is 1. The van der Waals surface area contributed by atoms with Crippen LogP contribution in [0.4, 0.5) is 0 Å². The first-order valence-electron chi connectivity index (χ1n) is 11.3. The molecule has 3 heterocycles. The monoisotopic (exact) mass is 483 g/mol. The summed E-state index contributed by atoms with van der Waals surface area (Å²) in [5.41, 5.74) is 1.07. The third-order valence-electron chi connectivity index (χ3n) is 6.22. The highest BCUT2D eigenvalue weighted by Gasteiger charge is 2.35. The summed E-state index contributed by atoms with van der Waals surface area (Å²) in [6.45, 7) is 2.04. The van der Waals surface area contributed by atoms with Gasteiger partial charge in [-0.2, -0.15) is 11.3 Å². The van der Waals surface area contributed by atoms with E-state index in [0.717, 1.165) is 37.9 Å². The number of thiophene rings is 1. The molecule has 10 heteroatoms. The molecule has 1 amide bonds. The third-order valence-corrected chi connectivity index (χ3v) is 8.27. The van der Waals surface area contributed by atoms with Crippen LogP contribution in [0, 0.1) is 5.92 Å². The van der Waals surface area contributed by atoms with Crippen molar-refractivity contribution in [3.8, 4) is 0 Å². The second kappa shape index (κ2) is 12.6. The van der Waals surface area contributed by atoms with Crippen LogP contribution in [0.5, 0.6) is 0 Å². The molecule has 1 aromatic heterocycles. The van der Waals surface area contributed by atoms with Crippen molar-refractivity contribution in [2.75, 3.05) is 31.9 Å². The Bertz CT molecular complexity index is 755. The van der Waals surface area contributed by atoms with Crippen molar-refractivity contribution in [1.82, 2.24) is 15.5 Å². The van der Waals surface area contributed by atoms with Gasteiger partial charge in [-0.25, -0.2) is 0 Å². The summed E-state index contributed by atoms with van der Waals surface area (Å²) in [7, 11) is 0. The van der Waals surface area contributed by atoms with Crippen molar-refractivity contribution >= 4 is 40.9 Å². The van der Waals surface area contributed by atoms with Crippen molar-refractivity contribution in [3.05, 3.63) is 22.4 Å². The zero-order valence-corrected chi connectivity index (χ0v) is 19.8. The highest BCUT2D eigenvalue weighted by atomic mass is 32.2. The molecule has 0 radical (unpaired) electrons. The summed E-state index contributed by atoms with van der Waals surface area (Å²) in [6.07, 6.45) is 5.70. The SMILES string of the molecule is O=C(O)CN1CC(c2ccsc2)SCC(NC(CCCCC2CCNCC2)C(=O)O)C1=O. The van der Waals surface area contributed by atoms with E-state index in [-0.39, 0.29) is 17.7 Å². The molecule has 0 saturated carbocycles. The summed E-state index contributed by atoms with van der Waals surface area (Å²) >= 11 is 3.14. The first-order valence-corrected chi connectivity index (χ1v) is 13.3. The first-order chi connectivity index (χ1) is 15.4. The number of rotatable bonds is 11. The smallest absolute Gasteiger partial charge is 0.323 e. The lowest BCUT2D eigenvalue weighted by atomic mass is 9.92. The Morgan fingerprint density at radius 1 is 1.25 bits per heavy atom. The Hall–Kier alpha value is -1.62. The van der Waals surface area contributed by atoms with Crippen LogP contribution in [0.15, 0.2) is 16.8 Å². The van der Waals surface area contributed by atoms with Gasteiger partial charge in [0.15, 0.2) is 0 Å². The van der Waals surface area contributed by atoms with Crippen LogP contribution in [-0.4, -0.2) is 77.0 Å². The fourth-order valence-corrected chi connectivity index (χ4v) is 6.49. The number of carbonyl (C=O) groups is 3. The van der Waals surface area contributed by atoms with Gasteiger partial charge in [-0.1, -0.05) is 19.3 Å². The first kappa shape index (κ1) is 25.0. The van der Waals surface area contributed by atoms with Gasteiger partial charge in [-0.3, -0.25) is 19.7 Å². The van der Waals surface area contributed by atoms with E-state index >= 15 is 0 Å². The number of carbonyl (C=O) groups excluding carboxylic acids is 1. The summed E-state index contributed by atoms with van der Waals surface area (Å²) in [5, 5.41) is 29.4. The molecule has 178 valence electrons. The topological polar surface area (TPSA) is 119 Å². The van der Waals surface area contributed by atoms with Gasteiger partial charge in [0, 0.05) is 17.5 Å². The number of carboxylic acid groups (broad SMARTS) is 2. The lowest BCUT2D eigenvalue weighted by molar-refractivity contribution is -0.146. The number of nitrogens with one attached hydrogen (secondary N) is 2. The number of aliphatic carboxylic acids is 2. The number of hydrogen-bond donors (Lipinski definition) is 4. The molecule has 32 heavy (non-hydrogen) atoms. The molecule has 1 aromatic rings. The maximum atomic E-state index is 13.1. The summed E-state index contributed by atoms with van der Waals surface area (Å²) in [4.78, 5) is 37.6. The molecule has 0 spiro atoms. The zero-order chi connectivity index (χ0) is 22.9. The molecule has 3 atom stereocenters. The molecule has 0 bridgehead atoms. The average Bonchev–Trinajstić information content (AvgIpc) is 3.26. The number of amides is 1. The average molecular weight is 484 g/mol. The Morgan fingerprint density at radius 2 is 2.03 bits per heavy atom. The van der Waals surface area contributed by atoms with Crippen LogP contribution in [0.1, 0.15) is 49.3 Å². The van der Waals surface area contributed by atoms with Crippen molar-refractivity contribution in [1.29, 1.82) is 0 Å². The van der Waals surface area contributed by atoms with Crippen LogP contribution in [0.2, 0.25) is 0 Å². The fraction of sp³-hybridized carbons (Fsp3) is 0.682. The fourth-order valence-electron chi connectivity index (χ4n) is 4.40. The second-order valence-electron chi connectivity index (χ2n) is 8.58. The highest BCUT2D eigenvalue weighted by molar-refractivity contribution is 7.99. The lowest BCUT2D eigenvalue weighted by Crippen LogP contribution is -2.53. The standard InChI is InChI=1S/C22H33N3O5S2/c26-20(27)12-25-11-19(16-7-10-31-13-16)32-14-18(21(25)28)24-17(22(29)30)4-2-1-3-15-5-8-23-9-6-15/h7,10,13,15,17-19,23-24H,1-6,8-9,11-12,14H2,(H,26,27)(H,29,30). The predicted molar refractivity (Wildman–Crippen MR) is 126 cm³/mol. The summed E-state index contributed by atoms with van der Waals surface area (Å²) in [6, 6.07) is 0.456. The molecular weight excluding hydrogens is 450 g/mol. The van der Waals surface area contributed by atoms with E-state index in [9.17, 15) is 24.6 Å². The van der Waals surface area contributed by atoms with E-state index in [4.69, 9.17) is 0 Å². The molecule has 8 nitrogen and oxygen atoms in total. The van der Waals surface area contributed by atoms with Crippen molar-refractivity contribution in [3.63, 3.8) is 0 Å². The van der Waals surface area contributed by atoms with Gasteiger partial charge < -0.3 is 20.4 Å². The maximum Gasteiger partial charge on any atom is 0.323 e. The van der Waals surface area contributed by atoms with Gasteiger partial charge in [-0.05, 0) is 60.7 Å². The predicted octanol–water partition coefficient (Wildman–Crippen LogP) is 2.42. The van der Waals surface area contributed by atoms with Crippen LogP contribution < -0.4 is 10.6 Å². The van der Waals surface area contributed by atoms with E-state index in [1.165, 1.54) is 17.7 Å². The molecule has 2 aliphatic rings. The van der Waals surface area contributed by atoms with Crippen LogP contribution in [0.25, 0.3) is 0 Å². The normalized spacial score (nSPS) is 23.6. The van der Waals surface area contributed by atoms with Gasteiger partial charge in [0.1, 0.15) is 12.6 Å². The van der Waals surface area contributed by atoms with Gasteiger partial charge in [0.2, 0.25) is 5.91 Å². The van der Waals surface area contributed by atoms with Crippen LogP contribution in [0.3, 0.4) is 0 Å². The van der Waals surface area contributed by atoms with E-state index in [1.807, 2.05) is 16.8 Å². The van der Waals surface area contributed by atoms with Crippen molar-refractivity contribution in [2.45, 2.75) is 55.9 Å². The van der Waals surface area contributed by atoms with E-state index in [1.54, 1.807) is 23.1 Å². The highest BCUT2D eigenvalue weighted by Crippen LogP contribution is 2.34. The molecule has 4 N–H and O–H groups in total. The number of carboxylic acids is 2. The van der Waals surface area contributed by atoms with Gasteiger partial charge in [0.25, 0.3) is 0 Å². The van der Waals surface area contributed by atoms with Crippen molar-refractivity contribution < 1.29 is 24.6 Å². The molecule has 2 saturated heterocycles. The molecule has 0 aromatic carbocycles. The number of nitrogens with zero attached hydrogens (tertiary/aromatic N) is 1. The van der Waals surface area contributed by atoms with Crippen molar-refractivity contribution in [2.24, 2.45) is 5.92 Å². The number of piperidine rings is 1. The summed E-state index contributed by atoms with van der Waals surface area (Å²) < 4.78 is 0. The van der Waals surface area contributed by atoms with Gasteiger partial charge in [0.05, 0.1) is 6.04 Å². The Kier molecular flexibility index (Phi) is 9.83. The van der Waals surface area contributed by atoms with E-state index < -0.39 is 24.0 Å². The Morgan fingerprint density at radius 3 is 2.69 bits per heavy atom. The molecule has 2 aliphatic heterocycles. The minimum Gasteiger partial charge on any atom is -0.480 e. The molecular formula is C22H33N3O5S2. The maximum absolute atomic E-state index is 13.1. The molecule has 0 aliphatic carbocycles. The van der Waals surface area contributed by atoms with Crippen LogP contribution >= 0.6 is 23.1 Å². The minimum absolute atomic E-state index is 0.0235. The third kappa shape index (κ3) is 7.47. The lowest BCUT2D eigenvalue weighted by Gasteiger charge is -2.26. The largest absolute Gasteiger partial charge is 0.480 e. The minimum atomic E-state index is -1.07. The Balaban J connectivity index is 1.57. The van der Waals surface area contributed by atoms with E-state index in [0.29, 0.717) is 24.6 Å². The van der Waals surface area contributed by atoms with E-state index in [2.05, 4.69) is 10.6 Å². The number of hydrogen-bond acceptors (Lipinski definition) is 7. The number of thioether (sulfide) groups is 1. The molecule has 2 fully saturated rings. The Labute approximate surface area is 197 Å². The van der Waals surface area contributed by atoms with Crippen LogP contribution in [-0.2, 0) is 14.4 Å². The quantitative estimate of drug-likeness (QED) is 0.354. The molecule has 3 unspecified atom stereocenters. The van der Waals surface area contributed by atoms with Gasteiger partial charge >= 0.3 is 11.9 Å². The second-order valence-corrected chi connectivity index (χ2v) is 10.6. The van der Waals surface area contributed by atoms with Gasteiger partial charge in [-0.15, -0.1) is 11.8 Å².